The Morgan fingerprint density at radius 3 is 1.39 bits per heavy atom. The number of unbranched alkanes of at least 4 members (excludes halogenated alkanes) is 8. The molecule has 0 spiro atoms. The van der Waals surface area contributed by atoms with Gasteiger partial charge < -0.3 is 19.8 Å². The Morgan fingerprint density at radius 2 is 1.00 bits per heavy atom. The third-order valence-electron chi connectivity index (χ3n) is 6.37. The van der Waals surface area contributed by atoms with E-state index in [1.54, 1.807) is 20.8 Å². The number of carboxylic acids is 3. The Balaban J connectivity index is 4.84. The van der Waals surface area contributed by atoms with Crippen molar-refractivity contribution in [2.75, 3.05) is 26.2 Å². The van der Waals surface area contributed by atoms with Gasteiger partial charge in [-0.15, -0.1) is 0 Å². The van der Waals surface area contributed by atoms with Gasteiger partial charge >= 0.3 is 17.9 Å². The first-order valence-electron chi connectivity index (χ1n) is 12.7. The summed E-state index contributed by atoms with van der Waals surface area (Å²) in [4.78, 5) is 34.6. The van der Waals surface area contributed by atoms with Crippen LogP contribution in [0.1, 0.15) is 91.9 Å². The van der Waals surface area contributed by atoms with Gasteiger partial charge in [0.2, 0.25) is 0 Å². The van der Waals surface area contributed by atoms with Crippen molar-refractivity contribution in [3.8, 4) is 0 Å². The van der Waals surface area contributed by atoms with Crippen LogP contribution in [-0.4, -0.2) is 63.9 Å². The minimum atomic E-state index is -0.937. The number of nitrogens with zero attached hydrogens (tertiary/aromatic N) is 1. The molecule has 3 N–H and O–H groups in total. The van der Waals surface area contributed by atoms with Crippen LogP contribution in [0.5, 0.6) is 0 Å². The highest BCUT2D eigenvalue weighted by Crippen LogP contribution is 2.22. The molecule has 0 saturated carbocycles. The number of allylic oxidation sites excluding steroid dienone is 2. The zero-order valence-electron chi connectivity index (χ0n) is 21.3. The normalized spacial score (nSPS) is 16.2. The molecule has 7 heteroatoms. The van der Waals surface area contributed by atoms with E-state index in [0.29, 0.717) is 6.54 Å². The Morgan fingerprint density at radius 1 is 0.636 bits per heavy atom. The molecule has 0 amide bonds. The van der Waals surface area contributed by atoms with Gasteiger partial charge in [-0.1, -0.05) is 51.2 Å². The second kappa shape index (κ2) is 17.6. The van der Waals surface area contributed by atoms with Gasteiger partial charge in [-0.25, -0.2) is 0 Å². The summed E-state index contributed by atoms with van der Waals surface area (Å²) in [5.74, 6) is -4.82. The second-order valence-electron chi connectivity index (χ2n) is 9.85. The Bertz CT molecular complexity index is 549. The summed E-state index contributed by atoms with van der Waals surface area (Å²) >= 11 is 0. The quantitative estimate of drug-likeness (QED) is 0.117. The van der Waals surface area contributed by atoms with Gasteiger partial charge in [0, 0.05) is 0 Å². The van der Waals surface area contributed by atoms with E-state index in [1.807, 2.05) is 0 Å². The molecular formula is C26H48NO6+. The molecule has 0 aliphatic carbocycles. The van der Waals surface area contributed by atoms with Crippen LogP contribution in [-0.2, 0) is 14.4 Å². The maximum Gasteiger partial charge on any atom is 0.311 e. The number of hydrogen-bond acceptors (Lipinski definition) is 3. The van der Waals surface area contributed by atoms with Gasteiger partial charge in [-0.3, -0.25) is 14.4 Å². The summed E-state index contributed by atoms with van der Waals surface area (Å²) in [6, 6.07) is 0. The average Bonchev–Trinajstić information content (AvgIpc) is 2.74. The summed E-state index contributed by atoms with van der Waals surface area (Å²) in [6.07, 6.45) is 15.7. The standard InChI is InChI=1S/C26H47NO6/c1-5-6-7-8-9-10-11-12-13-14-15-16-17-27(18-21(2)24(28)29,19-22(3)25(30)31)20-23(4)26(32)33/h7-8,21-23H,5-6,9-20H2,1-4H3,(H2-,28,29,30,31,32,33)/p+1/b8-7+. The first kappa shape index (κ1) is 31.1. The van der Waals surface area contributed by atoms with E-state index in [9.17, 15) is 29.7 Å². The Hall–Kier alpha value is -1.89. The van der Waals surface area contributed by atoms with Crippen LogP contribution in [0.4, 0.5) is 0 Å². The van der Waals surface area contributed by atoms with Gasteiger partial charge in [0.05, 0.1) is 26.2 Å². The molecule has 0 fully saturated rings. The second-order valence-corrected chi connectivity index (χ2v) is 9.85. The van der Waals surface area contributed by atoms with E-state index >= 15 is 0 Å². The molecule has 192 valence electrons. The monoisotopic (exact) mass is 470 g/mol. The largest absolute Gasteiger partial charge is 0.481 e. The number of carboxylic acid groups (broad SMARTS) is 3. The van der Waals surface area contributed by atoms with Crippen molar-refractivity contribution >= 4 is 17.9 Å². The van der Waals surface area contributed by atoms with E-state index in [0.717, 1.165) is 38.5 Å². The fraction of sp³-hybridized carbons (Fsp3) is 0.808. The topological polar surface area (TPSA) is 112 Å². The van der Waals surface area contributed by atoms with Crippen LogP contribution < -0.4 is 0 Å². The van der Waals surface area contributed by atoms with Gasteiger partial charge in [0.15, 0.2) is 0 Å². The maximum absolute atomic E-state index is 11.5. The minimum Gasteiger partial charge on any atom is -0.481 e. The lowest BCUT2D eigenvalue weighted by Gasteiger charge is -2.42. The van der Waals surface area contributed by atoms with Crippen molar-refractivity contribution in [3.05, 3.63) is 12.2 Å². The minimum absolute atomic E-state index is 0.221. The van der Waals surface area contributed by atoms with Crippen molar-refractivity contribution in [1.29, 1.82) is 0 Å². The fourth-order valence-corrected chi connectivity index (χ4v) is 4.47. The molecule has 33 heavy (non-hydrogen) atoms. The van der Waals surface area contributed by atoms with Crippen molar-refractivity contribution in [2.45, 2.75) is 91.9 Å². The summed E-state index contributed by atoms with van der Waals surface area (Å²) in [6.45, 7) is 8.37. The third-order valence-corrected chi connectivity index (χ3v) is 6.37. The summed E-state index contributed by atoms with van der Waals surface area (Å²) in [5, 5.41) is 28.4. The molecule has 0 radical (unpaired) electrons. The molecule has 0 saturated heterocycles. The zero-order valence-corrected chi connectivity index (χ0v) is 21.3. The lowest BCUT2D eigenvalue weighted by Crippen LogP contribution is -2.57. The molecule has 0 aromatic rings. The van der Waals surface area contributed by atoms with E-state index in [-0.39, 0.29) is 24.1 Å². The summed E-state index contributed by atoms with van der Waals surface area (Å²) in [7, 11) is 0. The van der Waals surface area contributed by atoms with Crippen molar-refractivity contribution < 1.29 is 34.2 Å². The molecule has 0 aromatic carbocycles. The van der Waals surface area contributed by atoms with Gasteiger partial charge in [0.25, 0.3) is 0 Å². The predicted molar refractivity (Wildman–Crippen MR) is 131 cm³/mol. The van der Waals surface area contributed by atoms with Crippen molar-refractivity contribution in [3.63, 3.8) is 0 Å². The molecule has 0 heterocycles. The Kier molecular flexibility index (Phi) is 16.6. The smallest absolute Gasteiger partial charge is 0.311 e. The van der Waals surface area contributed by atoms with Crippen LogP contribution in [0, 0.1) is 17.8 Å². The summed E-state index contributed by atoms with van der Waals surface area (Å²) in [5.41, 5.74) is 0. The molecule has 0 aliphatic rings. The van der Waals surface area contributed by atoms with Crippen LogP contribution in [0.3, 0.4) is 0 Å². The number of hydrogen-bond donors (Lipinski definition) is 3. The number of rotatable bonds is 21. The predicted octanol–water partition coefficient (Wildman–Crippen LogP) is 5.44. The highest BCUT2D eigenvalue weighted by atomic mass is 16.4. The molecule has 7 nitrogen and oxygen atoms in total. The highest BCUT2D eigenvalue weighted by Gasteiger charge is 2.38. The fourth-order valence-electron chi connectivity index (χ4n) is 4.47. The average molecular weight is 471 g/mol. The molecule has 3 unspecified atom stereocenters. The molecular weight excluding hydrogens is 422 g/mol. The number of aliphatic carboxylic acids is 3. The van der Waals surface area contributed by atoms with Crippen molar-refractivity contribution in [1.82, 2.24) is 0 Å². The van der Waals surface area contributed by atoms with E-state index in [4.69, 9.17) is 0 Å². The van der Waals surface area contributed by atoms with E-state index in [2.05, 4.69) is 19.1 Å². The Labute approximate surface area is 200 Å². The highest BCUT2D eigenvalue weighted by molar-refractivity contribution is 5.70. The number of carbonyl (C=O) groups is 3. The van der Waals surface area contributed by atoms with Gasteiger partial charge in [-0.2, -0.15) is 0 Å². The third kappa shape index (κ3) is 14.8. The molecule has 0 rings (SSSR count). The van der Waals surface area contributed by atoms with Crippen LogP contribution >= 0.6 is 0 Å². The summed E-state index contributed by atoms with van der Waals surface area (Å²) < 4.78 is 0.221. The lowest BCUT2D eigenvalue weighted by atomic mass is 10.0. The molecule has 0 aliphatic heterocycles. The van der Waals surface area contributed by atoms with Crippen molar-refractivity contribution in [2.24, 2.45) is 17.8 Å². The zero-order chi connectivity index (χ0) is 25.3. The van der Waals surface area contributed by atoms with E-state index in [1.165, 1.54) is 25.7 Å². The molecule has 3 atom stereocenters. The first-order valence-corrected chi connectivity index (χ1v) is 12.7. The van der Waals surface area contributed by atoms with E-state index < -0.39 is 35.7 Å². The van der Waals surface area contributed by atoms with Crippen LogP contribution in [0.2, 0.25) is 0 Å². The van der Waals surface area contributed by atoms with Gasteiger partial charge in [0.1, 0.15) is 17.8 Å². The first-order chi connectivity index (χ1) is 15.5. The van der Waals surface area contributed by atoms with Crippen LogP contribution in [0.25, 0.3) is 0 Å². The molecule has 0 aromatic heterocycles. The maximum atomic E-state index is 11.5. The van der Waals surface area contributed by atoms with Gasteiger partial charge in [-0.05, 0) is 52.9 Å². The van der Waals surface area contributed by atoms with Crippen LogP contribution in [0.15, 0.2) is 12.2 Å². The molecule has 0 bridgehead atoms. The lowest BCUT2D eigenvalue weighted by molar-refractivity contribution is -0.934. The SMILES string of the molecule is CCC/C=C/CCCCCCCCC[N+](CC(C)C(=O)O)(CC(C)C(=O)O)CC(C)C(=O)O. The number of quaternary nitrogens is 1.